The summed E-state index contributed by atoms with van der Waals surface area (Å²) in [5, 5.41) is 17.9. The van der Waals surface area contributed by atoms with E-state index in [0.717, 1.165) is 24.0 Å². The minimum absolute atomic E-state index is 0.00627. The summed E-state index contributed by atoms with van der Waals surface area (Å²) in [7, 11) is 0. The van der Waals surface area contributed by atoms with Crippen LogP contribution in [0.25, 0.3) is 11.3 Å². The van der Waals surface area contributed by atoms with Gasteiger partial charge >= 0.3 is 6.09 Å². The van der Waals surface area contributed by atoms with Gasteiger partial charge in [0, 0.05) is 43.5 Å². The van der Waals surface area contributed by atoms with Crippen LogP contribution in [0.15, 0.2) is 54.7 Å². The van der Waals surface area contributed by atoms with Gasteiger partial charge in [0.25, 0.3) is 5.91 Å². The van der Waals surface area contributed by atoms with Crippen LogP contribution in [0.5, 0.6) is 0 Å². The maximum absolute atomic E-state index is 13.3. The molecule has 1 saturated heterocycles. The summed E-state index contributed by atoms with van der Waals surface area (Å²) in [6.07, 6.45) is 2.08. The van der Waals surface area contributed by atoms with Gasteiger partial charge in [-0.2, -0.15) is 0 Å². The maximum atomic E-state index is 13.3. The smallest absolute Gasteiger partial charge is 0.404 e. The molecule has 3 heterocycles. The molecule has 0 saturated carbocycles. The Morgan fingerprint density at radius 3 is 2.67 bits per heavy atom. The number of carbonyl (C=O) groups excluding carboxylic acids is 2. The summed E-state index contributed by atoms with van der Waals surface area (Å²) < 4.78 is 5.41. The number of fused-ring (bicyclic) bond motifs is 1. The summed E-state index contributed by atoms with van der Waals surface area (Å²) in [6.45, 7) is 1.47. The van der Waals surface area contributed by atoms with Crippen LogP contribution in [0.4, 0.5) is 10.7 Å². The Morgan fingerprint density at radius 1 is 1.15 bits per heavy atom. The van der Waals surface area contributed by atoms with E-state index in [2.05, 4.69) is 25.9 Å². The summed E-state index contributed by atoms with van der Waals surface area (Å²) in [5.41, 5.74) is 3.20. The second kappa shape index (κ2) is 12.3. The van der Waals surface area contributed by atoms with Crippen molar-refractivity contribution in [3.05, 3.63) is 76.4 Å². The molecule has 0 aliphatic carbocycles. The molecule has 0 unspecified atom stereocenters. The van der Waals surface area contributed by atoms with Crippen molar-refractivity contribution >= 4 is 35.5 Å². The lowest BCUT2D eigenvalue weighted by atomic mass is 10.0. The Balaban J connectivity index is 1.27. The molecular formula is C28H29ClN6O5. The summed E-state index contributed by atoms with van der Waals surface area (Å²) in [6, 6.07) is 14.1. The highest BCUT2D eigenvalue weighted by atomic mass is 35.5. The van der Waals surface area contributed by atoms with E-state index in [4.69, 9.17) is 21.4 Å². The molecule has 40 heavy (non-hydrogen) atoms. The number of halogens is 1. The van der Waals surface area contributed by atoms with E-state index in [9.17, 15) is 14.4 Å². The lowest BCUT2D eigenvalue weighted by Crippen LogP contribution is -2.42. The van der Waals surface area contributed by atoms with E-state index < -0.39 is 18.0 Å². The summed E-state index contributed by atoms with van der Waals surface area (Å²) in [4.78, 5) is 47.6. The Kier molecular flexibility index (Phi) is 8.42. The van der Waals surface area contributed by atoms with Crippen molar-refractivity contribution in [2.75, 3.05) is 31.6 Å². The second-order valence-corrected chi connectivity index (χ2v) is 10.1. The fourth-order valence-electron chi connectivity index (χ4n) is 4.84. The predicted molar refractivity (Wildman–Crippen MR) is 148 cm³/mol. The van der Waals surface area contributed by atoms with E-state index in [1.807, 2.05) is 18.2 Å². The zero-order chi connectivity index (χ0) is 28.1. The van der Waals surface area contributed by atoms with Crippen LogP contribution >= 0.6 is 11.6 Å². The van der Waals surface area contributed by atoms with Gasteiger partial charge in [-0.3, -0.25) is 9.59 Å². The van der Waals surface area contributed by atoms with Crippen molar-refractivity contribution in [1.29, 1.82) is 0 Å². The van der Waals surface area contributed by atoms with Crippen molar-refractivity contribution < 1.29 is 24.2 Å². The highest BCUT2D eigenvalue weighted by Crippen LogP contribution is 2.31. The zero-order valence-corrected chi connectivity index (χ0v) is 22.4. The van der Waals surface area contributed by atoms with E-state index in [-0.39, 0.29) is 31.6 Å². The highest BCUT2D eigenvalue weighted by Gasteiger charge is 2.30. The molecule has 2 aliphatic heterocycles. The van der Waals surface area contributed by atoms with Gasteiger partial charge in [-0.05, 0) is 30.0 Å². The van der Waals surface area contributed by atoms with Gasteiger partial charge in [0.05, 0.1) is 23.0 Å². The van der Waals surface area contributed by atoms with Gasteiger partial charge in [-0.15, -0.1) is 0 Å². The van der Waals surface area contributed by atoms with Crippen molar-refractivity contribution in [1.82, 2.24) is 25.5 Å². The van der Waals surface area contributed by atoms with Gasteiger partial charge in [-0.1, -0.05) is 54.1 Å². The molecule has 2 aromatic carbocycles. The monoisotopic (exact) mass is 564 g/mol. The maximum Gasteiger partial charge on any atom is 0.404 e. The van der Waals surface area contributed by atoms with Crippen LogP contribution in [0.2, 0.25) is 5.02 Å². The number of rotatable bonds is 9. The summed E-state index contributed by atoms with van der Waals surface area (Å²) in [5.74, 6) is -0.218. The molecule has 1 atom stereocenters. The molecular weight excluding hydrogens is 536 g/mol. The Hall–Kier alpha value is -4.22. The van der Waals surface area contributed by atoms with E-state index in [1.165, 1.54) is 4.90 Å². The normalized spacial score (nSPS) is 15.8. The first-order chi connectivity index (χ1) is 19.4. The first-order valence-electron chi connectivity index (χ1n) is 13.0. The lowest BCUT2D eigenvalue weighted by molar-refractivity contribution is -0.122. The molecule has 11 nitrogen and oxygen atoms in total. The molecule has 208 valence electrons. The third kappa shape index (κ3) is 6.49. The Labute approximate surface area is 235 Å². The highest BCUT2D eigenvalue weighted by molar-refractivity contribution is 6.33. The SMILES string of the molecule is O=C(O)NC[C@@H](NC(=O)CN1Cc2ccc(-c3nc(NC4CCOCC4)ncc3Cl)cc2C1=O)c1ccccc1. The van der Waals surface area contributed by atoms with Crippen LogP contribution in [0.3, 0.4) is 0 Å². The largest absolute Gasteiger partial charge is 0.465 e. The molecule has 1 aromatic heterocycles. The first kappa shape index (κ1) is 27.4. The van der Waals surface area contributed by atoms with Crippen LogP contribution in [-0.2, 0) is 16.1 Å². The van der Waals surface area contributed by atoms with Gasteiger partial charge < -0.3 is 30.7 Å². The van der Waals surface area contributed by atoms with Crippen LogP contribution < -0.4 is 16.0 Å². The number of nitrogens with zero attached hydrogens (tertiary/aromatic N) is 3. The number of aromatic nitrogens is 2. The second-order valence-electron chi connectivity index (χ2n) is 9.67. The molecule has 3 amide bonds. The number of nitrogens with one attached hydrogen (secondary N) is 3. The molecule has 12 heteroatoms. The molecule has 4 N–H and O–H groups in total. The van der Waals surface area contributed by atoms with Gasteiger partial charge in [-0.25, -0.2) is 14.8 Å². The molecule has 2 aliphatic rings. The Morgan fingerprint density at radius 2 is 1.93 bits per heavy atom. The number of carboxylic acid groups (broad SMARTS) is 1. The molecule has 3 aromatic rings. The average Bonchev–Trinajstić information content (AvgIpc) is 3.27. The molecule has 0 bridgehead atoms. The van der Waals surface area contributed by atoms with E-state index in [1.54, 1.807) is 36.5 Å². The summed E-state index contributed by atoms with van der Waals surface area (Å²) >= 11 is 6.44. The number of benzene rings is 2. The van der Waals surface area contributed by atoms with E-state index in [0.29, 0.717) is 41.0 Å². The van der Waals surface area contributed by atoms with Crippen molar-refractivity contribution in [2.24, 2.45) is 0 Å². The van der Waals surface area contributed by atoms with Crippen LogP contribution in [-0.4, -0.2) is 70.2 Å². The van der Waals surface area contributed by atoms with Crippen molar-refractivity contribution in [3.8, 4) is 11.3 Å². The fraction of sp³-hybridized carbons (Fsp3) is 0.321. The number of hydrogen-bond donors (Lipinski definition) is 4. The molecule has 0 radical (unpaired) electrons. The van der Waals surface area contributed by atoms with Gasteiger partial charge in [0.1, 0.15) is 6.54 Å². The standard InChI is InChI=1S/C28H29ClN6O5/c29-22-13-30-27(32-20-8-10-40-11-9-20)34-25(22)18-6-7-19-15-35(26(37)21(19)12-18)16-24(36)33-23(14-31-28(38)39)17-4-2-1-3-5-17/h1-7,12-13,20,23,31H,8-11,14-16H2,(H,33,36)(H,38,39)(H,30,32,34)/t23-/m1/s1. The van der Waals surface area contributed by atoms with E-state index >= 15 is 0 Å². The quantitative estimate of drug-likeness (QED) is 0.309. The average molecular weight is 565 g/mol. The lowest BCUT2D eigenvalue weighted by Gasteiger charge is -2.23. The van der Waals surface area contributed by atoms with Gasteiger partial charge in [0.2, 0.25) is 11.9 Å². The van der Waals surface area contributed by atoms with Crippen molar-refractivity contribution in [3.63, 3.8) is 0 Å². The third-order valence-corrected chi connectivity index (χ3v) is 7.17. The number of hydrogen-bond acceptors (Lipinski definition) is 7. The minimum Gasteiger partial charge on any atom is -0.465 e. The van der Waals surface area contributed by atoms with Crippen LogP contribution in [0.1, 0.15) is 40.4 Å². The molecule has 5 rings (SSSR count). The third-order valence-electron chi connectivity index (χ3n) is 6.89. The number of anilines is 1. The Bertz CT molecular complexity index is 1400. The van der Waals surface area contributed by atoms with Gasteiger partial charge in [0.15, 0.2) is 0 Å². The van der Waals surface area contributed by atoms with Crippen LogP contribution in [0, 0.1) is 0 Å². The number of carbonyl (C=O) groups is 3. The molecule has 0 spiro atoms. The molecule has 1 fully saturated rings. The number of amides is 3. The van der Waals surface area contributed by atoms with Crippen molar-refractivity contribution in [2.45, 2.75) is 31.5 Å². The first-order valence-corrected chi connectivity index (χ1v) is 13.4. The predicted octanol–water partition coefficient (Wildman–Crippen LogP) is 3.47. The topological polar surface area (TPSA) is 146 Å². The number of ether oxygens (including phenoxy) is 1. The minimum atomic E-state index is -1.19. The fourth-order valence-corrected chi connectivity index (χ4v) is 5.04. The zero-order valence-electron chi connectivity index (χ0n) is 21.6.